The highest BCUT2D eigenvalue weighted by atomic mass is 16.6. The normalized spacial score (nSPS) is 9.20. The van der Waals surface area contributed by atoms with Crippen LogP contribution in [0.3, 0.4) is 0 Å². The molecule has 0 spiro atoms. The molecule has 0 heterocycles. The van der Waals surface area contributed by atoms with Crippen molar-refractivity contribution in [3.63, 3.8) is 0 Å². The second kappa shape index (κ2) is 7.53. The molecule has 0 aliphatic heterocycles. The molecule has 1 amide bonds. The van der Waals surface area contributed by atoms with Gasteiger partial charge in [0.2, 0.25) is 5.91 Å². The summed E-state index contributed by atoms with van der Waals surface area (Å²) in [5, 5.41) is 10.8. The number of amides is 1. The number of nitrogens with one attached hydrogen (secondary N) is 1. The topological polar surface area (TPSA) is 105 Å². The number of carbonyl (C=O) groups excluding carboxylic acids is 3. The maximum Gasteiger partial charge on any atom is 0.344 e. The minimum atomic E-state index is -0.676. The predicted molar refractivity (Wildman–Crippen MR) is 67.6 cm³/mol. The Morgan fingerprint density at radius 2 is 1.90 bits per heavy atom. The van der Waals surface area contributed by atoms with Gasteiger partial charge in [0.25, 0.3) is 0 Å². The number of hydrogen-bond acceptors (Lipinski definition) is 6. The van der Waals surface area contributed by atoms with E-state index in [4.69, 9.17) is 10.00 Å². The van der Waals surface area contributed by atoms with E-state index in [9.17, 15) is 14.4 Å². The first-order chi connectivity index (χ1) is 9.56. The van der Waals surface area contributed by atoms with Crippen LogP contribution in [0.2, 0.25) is 0 Å². The molecule has 0 atom stereocenters. The molecule has 0 saturated heterocycles. The zero-order chi connectivity index (χ0) is 15.0. The van der Waals surface area contributed by atoms with Gasteiger partial charge in [0, 0.05) is 5.69 Å². The van der Waals surface area contributed by atoms with Crippen LogP contribution >= 0.6 is 0 Å². The molecule has 7 nitrogen and oxygen atoms in total. The second-order valence-corrected chi connectivity index (χ2v) is 3.61. The van der Waals surface area contributed by atoms with Crippen LogP contribution in [0.15, 0.2) is 24.3 Å². The van der Waals surface area contributed by atoms with E-state index in [1.165, 1.54) is 31.4 Å². The Hall–Kier alpha value is -2.88. The summed E-state index contributed by atoms with van der Waals surface area (Å²) in [6.45, 7) is -0.462. The van der Waals surface area contributed by atoms with Gasteiger partial charge in [0.05, 0.1) is 18.7 Å². The predicted octanol–water partition coefficient (Wildman–Crippen LogP) is 0.869. The first-order valence-electron chi connectivity index (χ1n) is 5.57. The summed E-state index contributed by atoms with van der Waals surface area (Å²) < 4.78 is 9.03. The molecule has 0 aromatic heterocycles. The Morgan fingerprint density at radius 3 is 2.45 bits per heavy atom. The van der Waals surface area contributed by atoms with E-state index in [0.717, 1.165) is 0 Å². The largest absolute Gasteiger partial charge is 0.466 e. The lowest BCUT2D eigenvalue weighted by atomic mass is 10.2. The quantitative estimate of drug-likeness (QED) is 0.800. The Labute approximate surface area is 115 Å². The van der Waals surface area contributed by atoms with Crippen LogP contribution in [0.4, 0.5) is 5.69 Å². The zero-order valence-electron chi connectivity index (χ0n) is 10.7. The number of carbonyl (C=O) groups is 3. The number of nitriles is 1. The summed E-state index contributed by atoms with van der Waals surface area (Å²) in [6, 6.07) is 7.56. The standard InChI is InChI=1S/C13H12N2O5/c1-19-12(17)8-20-13(18)9-2-4-10(5-3-9)15-11(16)6-7-14/h2-5H,6,8H2,1H3,(H,15,16). The lowest BCUT2D eigenvalue weighted by molar-refractivity contribution is -0.144. The summed E-state index contributed by atoms with van der Waals surface area (Å²) in [5.41, 5.74) is 0.682. The molecule has 104 valence electrons. The van der Waals surface area contributed by atoms with E-state index in [1.54, 1.807) is 6.07 Å². The zero-order valence-corrected chi connectivity index (χ0v) is 10.7. The van der Waals surface area contributed by atoms with E-state index in [0.29, 0.717) is 5.69 Å². The Balaban J connectivity index is 2.58. The van der Waals surface area contributed by atoms with Crippen LogP contribution in [0.25, 0.3) is 0 Å². The molecule has 20 heavy (non-hydrogen) atoms. The molecule has 1 aromatic rings. The van der Waals surface area contributed by atoms with E-state index in [2.05, 4.69) is 10.1 Å². The number of hydrogen-bond donors (Lipinski definition) is 1. The third-order valence-corrected chi connectivity index (χ3v) is 2.19. The van der Waals surface area contributed by atoms with Crippen LogP contribution in [0.1, 0.15) is 16.8 Å². The first-order valence-corrected chi connectivity index (χ1v) is 5.57. The van der Waals surface area contributed by atoms with Gasteiger partial charge in [0.15, 0.2) is 6.61 Å². The maximum absolute atomic E-state index is 11.5. The Morgan fingerprint density at radius 1 is 1.25 bits per heavy atom. The summed E-state index contributed by atoms with van der Waals surface area (Å²) in [7, 11) is 1.19. The van der Waals surface area contributed by atoms with Crippen molar-refractivity contribution < 1.29 is 23.9 Å². The second-order valence-electron chi connectivity index (χ2n) is 3.61. The highest BCUT2D eigenvalue weighted by molar-refractivity contribution is 5.94. The maximum atomic E-state index is 11.5. The van der Waals surface area contributed by atoms with Crippen LogP contribution in [0, 0.1) is 11.3 Å². The first kappa shape index (κ1) is 15.2. The van der Waals surface area contributed by atoms with Crippen molar-refractivity contribution in [1.82, 2.24) is 0 Å². The molecule has 1 N–H and O–H groups in total. The SMILES string of the molecule is COC(=O)COC(=O)c1ccc(NC(=O)CC#N)cc1. The average molecular weight is 276 g/mol. The molecule has 0 radical (unpaired) electrons. The number of ether oxygens (including phenoxy) is 2. The third-order valence-electron chi connectivity index (χ3n) is 2.19. The smallest absolute Gasteiger partial charge is 0.344 e. The number of methoxy groups -OCH3 is 1. The fraction of sp³-hybridized carbons (Fsp3) is 0.231. The molecule has 0 saturated carbocycles. The molecule has 0 fully saturated rings. The number of esters is 2. The van der Waals surface area contributed by atoms with E-state index in [-0.39, 0.29) is 12.0 Å². The van der Waals surface area contributed by atoms with E-state index >= 15 is 0 Å². The summed E-state index contributed by atoms with van der Waals surface area (Å²) in [5.74, 6) is -1.77. The lowest BCUT2D eigenvalue weighted by Crippen LogP contribution is -2.15. The highest BCUT2D eigenvalue weighted by Gasteiger charge is 2.10. The molecular weight excluding hydrogens is 264 g/mol. The average Bonchev–Trinajstić information content (AvgIpc) is 2.45. The Bertz CT molecular complexity index is 545. The van der Waals surface area contributed by atoms with Gasteiger partial charge >= 0.3 is 11.9 Å². The number of rotatable bonds is 5. The number of anilines is 1. The summed E-state index contributed by atoms with van der Waals surface area (Å²) in [4.78, 5) is 33.5. The molecule has 0 unspecified atom stereocenters. The molecule has 0 aliphatic carbocycles. The summed E-state index contributed by atoms with van der Waals surface area (Å²) in [6.07, 6.45) is -0.247. The lowest BCUT2D eigenvalue weighted by Gasteiger charge is -2.05. The fourth-order valence-corrected chi connectivity index (χ4v) is 1.23. The van der Waals surface area contributed by atoms with E-state index in [1.807, 2.05) is 0 Å². The highest BCUT2D eigenvalue weighted by Crippen LogP contribution is 2.10. The molecule has 1 rings (SSSR count). The van der Waals surface area contributed by atoms with Gasteiger partial charge in [0.1, 0.15) is 6.42 Å². The third kappa shape index (κ3) is 4.78. The fourth-order valence-electron chi connectivity index (χ4n) is 1.23. The van der Waals surface area contributed by atoms with Crippen LogP contribution in [0.5, 0.6) is 0 Å². The molecule has 7 heteroatoms. The van der Waals surface area contributed by atoms with Crippen molar-refractivity contribution in [2.45, 2.75) is 6.42 Å². The van der Waals surface area contributed by atoms with Gasteiger partial charge in [-0.1, -0.05) is 0 Å². The minimum absolute atomic E-state index is 0.229. The molecular formula is C13H12N2O5. The van der Waals surface area contributed by atoms with Gasteiger partial charge in [-0.05, 0) is 24.3 Å². The minimum Gasteiger partial charge on any atom is -0.466 e. The van der Waals surface area contributed by atoms with E-state index < -0.39 is 24.5 Å². The number of benzene rings is 1. The van der Waals surface area contributed by atoms with Crippen molar-refractivity contribution in [1.29, 1.82) is 5.26 Å². The molecule has 0 aliphatic rings. The Kier molecular flexibility index (Phi) is 5.72. The van der Waals surface area contributed by atoms with Crippen molar-refractivity contribution in [3.05, 3.63) is 29.8 Å². The van der Waals surface area contributed by atoms with Gasteiger partial charge < -0.3 is 14.8 Å². The van der Waals surface area contributed by atoms with Crippen LogP contribution < -0.4 is 5.32 Å². The number of nitrogens with zero attached hydrogens (tertiary/aromatic N) is 1. The summed E-state index contributed by atoms with van der Waals surface area (Å²) >= 11 is 0. The van der Waals surface area contributed by atoms with Crippen LogP contribution in [-0.2, 0) is 19.1 Å². The van der Waals surface area contributed by atoms with Crippen molar-refractivity contribution in [3.8, 4) is 6.07 Å². The van der Waals surface area contributed by atoms with Crippen LogP contribution in [-0.4, -0.2) is 31.6 Å². The van der Waals surface area contributed by atoms with Crippen molar-refractivity contribution in [2.75, 3.05) is 19.0 Å². The van der Waals surface area contributed by atoms with Gasteiger partial charge in [-0.25, -0.2) is 9.59 Å². The molecule has 0 bridgehead atoms. The van der Waals surface area contributed by atoms with Gasteiger partial charge in [-0.3, -0.25) is 4.79 Å². The van der Waals surface area contributed by atoms with Crippen molar-refractivity contribution in [2.24, 2.45) is 0 Å². The van der Waals surface area contributed by atoms with Gasteiger partial charge in [-0.15, -0.1) is 0 Å². The monoisotopic (exact) mass is 276 g/mol. The van der Waals surface area contributed by atoms with Crippen molar-refractivity contribution >= 4 is 23.5 Å². The molecule has 1 aromatic carbocycles. The van der Waals surface area contributed by atoms with Gasteiger partial charge in [-0.2, -0.15) is 5.26 Å².